The van der Waals surface area contributed by atoms with E-state index in [1.807, 2.05) is 20.2 Å². The molecule has 1 aliphatic rings. The molecular weight excluding hydrogens is 244 g/mol. The molecule has 2 amide bonds. The van der Waals surface area contributed by atoms with Crippen LogP contribution in [0.3, 0.4) is 0 Å². The second-order valence-corrected chi connectivity index (χ2v) is 4.95. The summed E-state index contributed by atoms with van der Waals surface area (Å²) in [5.74, 6) is -0.0591. The minimum atomic E-state index is -0.396. The Morgan fingerprint density at radius 2 is 2.16 bits per heavy atom. The van der Waals surface area contributed by atoms with E-state index in [0.717, 1.165) is 5.56 Å². The van der Waals surface area contributed by atoms with E-state index in [4.69, 9.17) is 0 Å². The van der Waals surface area contributed by atoms with Crippen LogP contribution in [0, 0.1) is 0 Å². The van der Waals surface area contributed by atoms with Crippen LogP contribution in [0.25, 0.3) is 0 Å². The van der Waals surface area contributed by atoms with Crippen LogP contribution in [-0.2, 0) is 23.1 Å². The molecule has 0 aliphatic carbocycles. The number of hydrogen-bond acceptors (Lipinski definition) is 3. The maximum atomic E-state index is 12.2. The van der Waals surface area contributed by atoms with Gasteiger partial charge >= 0.3 is 0 Å². The Bertz CT molecular complexity index is 483. The van der Waals surface area contributed by atoms with Gasteiger partial charge in [0, 0.05) is 19.8 Å². The summed E-state index contributed by atoms with van der Waals surface area (Å²) in [6.45, 7) is 4.22. The van der Waals surface area contributed by atoms with Crippen molar-refractivity contribution < 1.29 is 9.59 Å². The largest absolute Gasteiger partial charge is 0.343 e. The molecule has 6 heteroatoms. The van der Waals surface area contributed by atoms with Gasteiger partial charge in [-0.3, -0.25) is 14.3 Å². The van der Waals surface area contributed by atoms with Crippen LogP contribution < -0.4 is 5.32 Å². The number of aryl methyl sites for hydroxylation is 1. The Labute approximate surface area is 112 Å². The van der Waals surface area contributed by atoms with Crippen molar-refractivity contribution >= 4 is 11.8 Å². The highest BCUT2D eigenvalue weighted by atomic mass is 16.2. The lowest BCUT2D eigenvalue weighted by molar-refractivity contribution is -0.148. The van der Waals surface area contributed by atoms with Crippen LogP contribution in [0.5, 0.6) is 0 Å². The fourth-order valence-corrected chi connectivity index (χ4v) is 2.32. The number of hydrogen-bond donors (Lipinski definition) is 1. The number of carbonyl (C=O) groups excluding carboxylic acids is 2. The second-order valence-electron chi connectivity index (χ2n) is 4.95. The van der Waals surface area contributed by atoms with Crippen LogP contribution in [-0.4, -0.2) is 45.1 Å². The van der Waals surface area contributed by atoms with Gasteiger partial charge < -0.3 is 10.2 Å². The molecule has 1 aromatic rings. The molecule has 0 radical (unpaired) electrons. The highest BCUT2D eigenvalue weighted by Crippen LogP contribution is 2.13. The number of rotatable bonds is 4. The van der Waals surface area contributed by atoms with Crippen LogP contribution in [0.2, 0.25) is 0 Å². The summed E-state index contributed by atoms with van der Waals surface area (Å²) in [7, 11) is 1.86. The first-order valence-corrected chi connectivity index (χ1v) is 6.61. The quantitative estimate of drug-likeness (QED) is 0.838. The Hall–Kier alpha value is -1.85. The van der Waals surface area contributed by atoms with E-state index in [1.54, 1.807) is 22.7 Å². The fraction of sp³-hybridized carbons (Fsp3) is 0.615. The Morgan fingerprint density at radius 1 is 1.42 bits per heavy atom. The zero-order valence-electron chi connectivity index (χ0n) is 11.6. The van der Waals surface area contributed by atoms with E-state index in [1.165, 1.54) is 0 Å². The molecule has 0 saturated carbocycles. The van der Waals surface area contributed by atoms with Gasteiger partial charge in [0.1, 0.15) is 12.1 Å². The summed E-state index contributed by atoms with van der Waals surface area (Å²) in [5, 5.41) is 6.85. The van der Waals surface area contributed by atoms with Gasteiger partial charge in [0.05, 0.1) is 6.20 Å². The normalized spacial score (nSPS) is 23.6. The van der Waals surface area contributed by atoms with E-state index < -0.39 is 6.04 Å². The summed E-state index contributed by atoms with van der Waals surface area (Å²) < 4.78 is 1.73. The van der Waals surface area contributed by atoms with Crippen molar-refractivity contribution in [2.45, 2.75) is 38.8 Å². The lowest BCUT2D eigenvalue weighted by atomic mass is 10.1. The molecule has 1 aromatic heterocycles. The van der Waals surface area contributed by atoms with Crippen molar-refractivity contribution in [2.24, 2.45) is 7.05 Å². The molecule has 2 rings (SSSR count). The number of carbonyl (C=O) groups is 2. The Balaban J connectivity index is 2.03. The van der Waals surface area contributed by atoms with Crippen molar-refractivity contribution in [1.29, 1.82) is 0 Å². The van der Waals surface area contributed by atoms with Crippen molar-refractivity contribution in [3.8, 4) is 0 Å². The number of aromatic nitrogens is 2. The standard InChI is InChI=1S/C13H20N4O2/c1-4-11-13(19)17(9(2)12(18)15-11)6-5-10-7-14-16(3)8-10/h7-9,11H,4-6H2,1-3H3,(H,15,18). The molecule has 0 spiro atoms. The summed E-state index contributed by atoms with van der Waals surface area (Å²) in [6, 6.07) is -0.774. The minimum absolute atomic E-state index is 0.0125. The first-order chi connectivity index (χ1) is 9.02. The van der Waals surface area contributed by atoms with Crippen molar-refractivity contribution in [3.63, 3.8) is 0 Å². The highest BCUT2D eigenvalue weighted by molar-refractivity contribution is 5.96. The molecule has 2 unspecified atom stereocenters. The van der Waals surface area contributed by atoms with Crippen LogP contribution in [0.1, 0.15) is 25.8 Å². The zero-order valence-corrected chi connectivity index (χ0v) is 11.6. The maximum absolute atomic E-state index is 12.2. The topological polar surface area (TPSA) is 67.2 Å². The maximum Gasteiger partial charge on any atom is 0.245 e. The summed E-state index contributed by atoms with van der Waals surface area (Å²) >= 11 is 0. The number of nitrogens with one attached hydrogen (secondary N) is 1. The smallest absolute Gasteiger partial charge is 0.245 e. The Morgan fingerprint density at radius 3 is 2.74 bits per heavy atom. The van der Waals surface area contributed by atoms with E-state index >= 15 is 0 Å². The molecule has 19 heavy (non-hydrogen) atoms. The van der Waals surface area contributed by atoms with Gasteiger partial charge in [-0.1, -0.05) is 6.92 Å². The molecule has 1 aliphatic heterocycles. The summed E-state index contributed by atoms with van der Waals surface area (Å²) in [5.41, 5.74) is 1.07. The van der Waals surface area contributed by atoms with Gasteiger partial charge in [-0.15, -0.1) is 0 Å². The van der Waals surface area contributed by atoms with Gasteiger partial charge in [-0.05, 0) is 25.3 Å². The molecule has 0 bridgehead atoms. The molecular formula is C13H20N4O2. The van der Waals surface area contributed by atoms with Gasteiger partial charge in [-0.25, -0.2) is 0 Å². The lowest BCUT2D eigenvalue weighted by Crippen LogP contribution is -2.62. The highest BCUT2D eigenvalue weighted by Gasteiger charge is 2.36. The minimum Gasteiger partial charge on any atom is -0.343 e. The van der Waals surface area contributed by atoms with E-state index in [-0.39, 0.29) is 17.9 Å². The molecule has 1 fully saturated rings. The average molecular weight is 264 g/mol. The van der Waals surface area contributed by atoms with Crippen LogP contribution in [0.15, 0.2) is 12.4 Å². The molecule has 2 atom stereocenters. The van der Waals surface area contributed by atoms with Gasteiger partial charge in [0.2, 0.25) is 11.8 Å². The first-order valence-electron chi connectivity index (χ1n) is 6.61. The van der Waals surface area contributed by atoms with Crippen molar-refractivity contribution in [2.75, 3.05) is 6.54 Å². The SMILES string of the molecule is CCC1NC(=O)C(C)N(CCc2cnn(C)c2)C1=O. The van der Waals surface area contributed by atoms with Gasteiger partial charge in [-0.2, -0.15) is 5.10 Å². The third-order valence-electron chi connectivity index (χ3n) is 3.55. The van der Waals surface area contributed by atoms with Gasteiger partial charge in [0.25, 0.3) is 0 Å². The third kappa shape index (κ3) is 2.77. The second kappa shape index (κ2) is 5.42. The predicted octanol–water partition coefficient (Wildman–Crippen LogP) is 0.0881. The number of piperazine rings is 1. The van der Waals surface area contributed by atoms with E-state index in [9.17, 15) is 9.59 Å². The fourth-order valence-electron chi connectivity index (χ4n) is 2.32. The number of amides is 2. The predicted molar refractivity (Wildman–Crippen MR) is 70.3 cm³/mol. The summed E-state index contributed by atoms with van der Waals surface area (Å²) in [6.07, 6.45) is 5.06. The van der Waals surface area contributed by atoms with Crippen LogP contribution >= 0.6 is 0 Å². The third-order valence-corrected chi connectivity index (χ3v) is 3.55. The lowest BCUT2D eigenvalue weighted by Gasteiger charge is -2.37. The van der Waals surface area contributed by atoms with Crippen molar-refractivity contribution in [1.82, 2.24) is 20.0 Å². The number of nitrogens with zero attached hydrogens (tertiary/aromatic N) is 3. The molecule has 1 N–H and O–H groups in total. The Kier molecular flexibility index (Phi) is 3.87. The first kappa shape index (κ1) is 13.6. The monoisotopic (exact) mass is 264 g/mol. The molecule has 104 valence electrons. The summed E-state index contributed by atoms with van der Waals surface area (Å²) in [4.78, 5) is 25.7. The molecule has 2 heterocycles. The molecule has 1 saturated heterocycles. The van der Waals surface area contributed by atoms with E-state index in [2.05, 4.69) is 10.4 Å². The average Bonchev–Trinajstić information content (AvgIpc) is 2.79. The zero-order chi connectivity index (χ0) is 14.0. The molecule has 0 aromatic carbocycles. The van der Waals surface area contributed by atoms with E-state index in [0.29, 0.717) is 19.4 Å². The van der Waals surface area contributed by atoms with Crippen molar-refractivity contribution in [3.05, 3.63) is 18.0 Å². The van der Waals surface area contributed by atoms with Gasteiger partial charge in [0.15, 0.2) is 0 Å². The molecule has 6 nitrogen and oxygen atoms in total. The van der Waals surface area contributed by atoms with Crippen LogP contribution in [0.4, 0.5) is 0 Å².